The first-order valence-electron chi connectivity index (χ1n) is 9.40. The van der Waals surface area contributed by atoms with E-state index in [1.807, 2.05) is 4.90 Å². The Hall–Kier alpha value is -1.59. The molecule has 0 atom stereocenters. The summed E-state index contributed by atoms with van der Waals surface area (Å²) in [5, 5.41) is 3.07. The van der Waals surface area contributed by atoms with Crippen LogP contribution in [0, 0.1) is 13.8 Å². The zero-order valence-corrected chi connectivity index (χ0v) is 16.0. The van der Waals surface area contributed by atoms with E-state index in [4.69, 9.17) is 4.74 Å². The van der Waals surface area contributed by atoms with Crippen LogP contribution in [0.4, 0.5) is 4.79 Å². The van der Waals surface area contributed by atoms with E-state index in [-0.39, 0.29) is 6.03 Å². The molecule has 0 spiro atoms. The van der Waals surface area contributed by atoms with Gasteiger partial charge in [-0.25, -0.2) is 4.79 Å². The fourth-order valence-electron chi connectivity index (χ4n) is 3.30. The normalized spacial score (nSPS) is 15.4. The van der Waals surface area contributed by atoms with Crippen LogP contribution in [0.2, 0.25) is 0 Å². The zero-order chi connectivity index (χ0) is 18.1. The maximum absolute atomic E-state index is 12.3. The monoisotopic (exact) mass is 347 g/mol. The van der Waals surface area contributed by atoms with Crippen LogP contribution in [0.25, 0.3) is 0 Å². The maximum atomic E-state index is 12.3. The number of ether oxygens (including phenoxy) is 1. The minimum absolute atomic E-state index is 0.0730. The third-order valence-corrected chi connectivity index (χ3v) is 4.90. The van der Waals surface area contributed by atoms with Gasteiger partial charge in [0.2, 0.25) is 0 Å². The van der Waals surface area contributed by atoms with Crippen molar-refractivity contribution in [2.24, 2.45) is 0 Å². The number of unbranched alkanes of at least 4 members (excludes halogenated alkanes) is 1. The van der Waals surface area contributed by atoms with Crippen molar-refractivity contribution in [2.45, 2.75) is 33.1 Å². The second-order valence-corrected chi connectivity index (χ2v) is 6.94. The molecule has 1 fully saturated rings. The molecular weight excluding hydrogens is 314 g/mol. The second kappa shape index (κ2) is 10.4. The van der Waals surface area contributed by atoms with Crippen molar-refractivity contribution in [2.75, 3.05) is 53.0 Å². The summed E-state index contributed by atoms with van der Waals surface area (Å²) in [7, 11) is 1.75. The number of rotatable bonds is 8. The second-order valence-electron chi connectivity index (χ2n) is 6.94. The first-order chi connectivity index (χ1) is 12.1. The zero-order valence-electron chi connectivity index (χ0n) is 16.0. The Balaban J connectivity index is 1.63. The van der Waals surface area contributed by atoms with Gasteiger partial charge in [-0.2, -0.15) is 0 Å². The van der Waals surface area contributed by atoms with Gasteiger partial charge in [0.25, 0.3) is 0 Å². The molecule has 0 bridgehead atoms. The standard InChI is InChI=1S/C20H33N3O2/c1-17-6-7-19(18(2)16-17)8-9-21-20(24)23-13-11-22(12-14-23)10-4-5-15-25-3/h6-7,16H,4-5,8-15H2,1-3H3,(H,21,24). The smallest absolute Gasteiger partial charge is 0.317 e. The fourth-order valence-corrected chi connectivity index (χ4v) is 3.30. The average Bonchev–Trinajstić information content (AvgIpc) is 2.61. The Morgan fingerprint density at radius 2 is 1.92 bits per heavy atom. The van der Waals surface area contributed by atoms with Gasteiger partial charge in [-0.15, -0.1) is 0 Å². The molecule has 2 rings (SSSR count). The molecule has 1 aromatic carbocycles. The SMILES string of the molecule is COCCCCN1CCN(C(=O)NCCc2ccc(C)cc2C)CC1. The molecule has 0 radical (unpaired) electrons. The Morgan fingerprint density at radius 1 is 1.16 bits per heavy atom. The van der Waals surface area contributed by atoms with Gasteiger partial charge >= 0.3 is 6.03 Å². The molecule has 1 aliphatic rings. The summed E-state index contributed by atoms with van der Waals surface area (Å²) in [6, 6.07) is 6.57. The Kier molecular flexibility index (Phi) is 8.22. The molecule has 1 aromatic rings. The van der Waals surface area contributed by atoms with Crippen molar-refractivity contribution in [1.29, 1.82) is 0 Å². The summed E-state index contributed by atoms with van der Waals surface area (Å²) < 4.78 is 5.08. The molecule has 1 heterocycles. The fraction of sp³-hybridized carbons (Fsp3) is 0.650. The summed E-state index contributed by atoms with van der Waals surface area (Å²) in [6.45, 7) is 10.5. The maximum Gasteiger partial charge on any atom is 0.317 e. The highest BCUT2D eigenvalue weighted by atomic mass is 16.5. The van der Waals surface area contributed by atoms with Crippen LogP contribution in [0.1, 0.15) is 29.5 Å². The molecule has 140 valence electrons. The van der Waals surface area contributed by atoms with Crippen LogP contribution in [0.5, 0.6) is 0 Å². The van der Waals surface area contributed by atoms with E-state index in [1.54, 1.807) is 7.11 Å². The Bertz CT molecular complexity index is 540. The van der Waals surface area contributed by atoms with Crippen LogP contribution in [0.15, 0.2) is 18.2 Å². The van der Waals surface area contributed by atoms with Gasteiger partial charge in [0.1, 0.15) is 0 Å². The molecule has 0 saturated carbocycles. The van der Waals surface area contributed by atoms with Crippen molar-refractivity contribution < 1.29 is 9.53 Å². The van der Waals surface area contributed by atoms with Gasteiger partial charge in [-0.05, 0) is 50.8 Å². The molecule has 25 heavy (non-hydrogen) atoms. The van der Waals surface area contributed by atoms with Gasteiger partial charge in [0, 0.05) is 46.4 Å². The predicted molar refractivity (Wildman–Crippen MR) is 102 cm³/mol. The number of piperazine rings is 1. The number of hydrogen-bond acceptors (Lipinski definition) is 3. The van der Waals surface area contributed by atoms with Crippen molar-refractivity contribution in [1.82, 2.24) is 15.1 Å². The van der Waals surface area contributed by atoms with Crippen LogP contribution < -0.4 is 5.32 Å². The van der Waals surface area contributed by atoms with Gasteiger partial charge in [0.05, 0.1) is 0 Å². The number of urea groups is 1. The summed E-state index contributed by atoms with van der Waals surface area (Å²) in [6.07, 6.45) is 3.16. The number of carbonyl (C=O) groups excluding carboxylic acids is 1. The first-order valence-corrected chi connectivity index (χ1v) is 9.40. The molecule has 0 aliphatic carbocycles. The average molecular weight is 348 g/mol. The summed E-state index contributed by atoms with van der Waals surface area (Å²) in [5.41, 5.74) is 3.90. The number of benzene rings is 1. The van der Waals surface area contributed by atoms with E-state index in [9.17, 15) is 4.79 Å². The quantitative estimate of drug-likeness (QED) is 0.735. The van der Waals surface area contributed by atoms with E-state index < -0.39 is 0 Å². The van der Waals surface area contributed by atoms with Gasteiger partial charge in [0.15, 0.2) is 0 Å². The molecule has 1 aliphatic heterocycles. The third kappa shape index (κ3) is 6.67. The van der Waals surface area contributed by atoms with Crippen molar-refractivity contribution in [3.05, 3.63) is 34.9 Å². The lowest BCUT2D eigenvalue weighted by Crippen LogP contribution is -2.52. The van der Waals surface area contributed by atoms with Crippen LogP contribution in [-0.4, -0.2) is 68.8 Å². The number of nitrogens with one attached hydrogen (secondary N) is 1. The molecule has 5 nitrogen and oxygen atoms in total. The van der Waals surface area contributed by atoms with E-state index in [2.05, 4.69) is 42.3 Å². The molecule has 0 unspecified atom stereocenters. The van der Waals surface area contributed by atoms with Crippen molar-refractivity contribution in [3.8, 4) is 0 Å². The summed E-state index contributed by atoms with van der Waals surface area (Å²) in [5.74, 6) is 0. The lowest BCUT2D eigenvalue weighted by Gasteiger charge is -2.34. The summed E-state index contributed by atoms with van der Waals surface area (Å²) in [4.78, 5) is 16.7. The highest BCUT2D eigenvalue weighted by molar-refractivity contribution is 5.74. The van der Waals surface area contributed by atoms with E-state index >= 15 is 0 Å². The van der Waals surface area contributed by atoms with Crippen LogP contribution in [0.3, 0.4) is 0 Å². The minimum Gasteiger partial charge on any atom is -0.385 e. The number of carbonyl (C=O) groups is 1. The molecule has 5 heteroatoms. The molecular formula is C20H33N3O2. The van der Waals surface area contributed by atoms with Crippen LogP contribution in [-0.2, 0) is 11.2 Å². The minimum atomic E-state index is 0.0730. The third-order valence-electron chi connectivity index (χ3n) is 4.90. The van der Waals surface area contributed by atoms with E-state index in [0.29, 0.717) is 6.54 Å². The van der Waals surface area contributed by atoms with Gasteiger partial charge in [-0.1, -0.05) is 23.8 Å². The van der Waals surface area contributed by atoms with Gasteiger partial charge < -0.3 is 15.0 Å². The van der Waals surface area contributed by atoms with E-state index in [0.717, 1.165) is 58.6 Å². The number of amides is 2. The number of aryl methyl sites for hydroxylation is 2. The molecule has 1 N–H and O–H groups in total. The number of hydrogen-bond donors (Lipinski definition) is 1. The van der Waals surface area contributed by atoms with E-state index in [1.165, 1.54) is 16.7 Å². The largest absolute Gasteiger partial charge is 0.385 e. The predicted octanol–water partition coefficient (Wildman–Crippen LogP) is 2.60. The molecule has 0 aromatic heterocycles. The number of nitrogens with zero attached hydrogens (tertiary/aromatic N) is 2. The topological polar surface area (TPSA) is 44.8 Å². The first kappa shape index (κ1) is 19.7. The highest BCUT2D eigenvalue weighted by Crippen LogP contribution is 2.11. The van der Waals surface area contributed by atoms with Crippen molar-refractivity contribution in [3.63, 3.8) is 0 Å². The number of methoxy groups -OCH3 is 1. The van der Waals surface area contributed by atoms with Crippen LogP contribution >= 0.6 is 0 Å². The van der Waals surface area contributed by atoms with Gasteiger partial charge in [-0.3, -0.25) is 4.90 Å². The Morgan fingerprint density at radius 3 is 2.60 bits per heavy atom. The molecule has 2 amide bonds. The summed E-state index contributed by atoms with van der Waals surface area (Å²) >= 11 is 0. The lowest BCUT2D eigenvalue weighted by atomic mass is 10.0. The molecule has 1 saturated heterocycles. The lowest BCUT2D eigenvalue weighted by molar-refractivity contribution is 0.133. The van der Waals surface area contributed by atoms with Crippen molar-refractivity contribution >= 4 is 6.03 Å². The Labute approximate surface area is 152 Å². The highest BCUT2D eigenvalue weighted by Gasteiger charge is 2.20.